The van der Waals surface area contributed by atoms with Crippen LogP contribution in [-0.4, -0.2) is 7.11 Å². The van der Waals surface area contributed by atoms with E-state index in [0.29, 0.717) is 21.4 Å². The topological polar surface area (TPSA) is 21.3 Å². The molecule has 0 saturated heterocycles. The van der Waals surface area contributed by atoms with E-state index < -0.39 is 0 Å². The number of hydrogen-bond donors (Lipinski definition) is 1. The molecule has 2 aromatic rings. The fraction of sp³-hybridized carbons (Fsp3) is 0.200. The lowest BCUT2D eigenvalue weighted by atomic mass is 10.1. The summed E-state index contributed by atoms with van der Waals surface area (Å²) in [6.45, 7) is 2.16. The summed E-state index contributed by atoms with van der Waals surface area (Å²) in [5.74, 6) is 0.266. The zero-order valence-corrected chi connectivity index (χ0v) is 12.6. The van der Waals surface area contributed by atoms with E-state index in [4.69, 9.17) is 27.9 Å². The zero-order valence-electron chi connectivity index (χ0n) is 11.1. The lowest BCUT2D eigenvalue weighted by molar-refractivity contribution is 0.416. The van der Waals surface area contributed by atoms with E-state index in [9.17, 15) is 4.39 Å². The van der Waals surface area contributed by atoms with Gasteiger partial charge in [-0.2, -0.15) is 0 Å². The van der Waals surface area contributed by atoms with Crippen molar-refractivity contribution in [2.75, 3.05) is 12.4 Å². The molecule has 2 nitrogen and oxygen atoms in total. The van der Waals surface area contributed by atoms with Gasteiger partial charge >= 0.3 is 0 Å². The van der Waals surface area contributed by atoms with Gasteiger partial charge in [0.25, 0.3) is 0 Å². The Balaban J connectivity index is 2.25. The summed E-state index contributed by atoms with van der Waals surface area (Å²) < 4.78 is 19.0. The van der Waals surface area contributed by atoms with E-state index in [-0.39, 0.29) is 12.4 Å². The van der Waals surface area contributed by atoms with Crippen molar-refractivity contribution in [2.24, 2.45) is 0 Å². The molecule has 5 heteroatoms. The summed E-state index contributed by atoms with van der Waals surface area (Å²) in [6.07, 6.45) is 0. The summed E-state index contributed by atoms with van der Waals surface area (Å²) >= 11 is 12.0. The van der Waals surface area contributed by atoms with Gasteiger partial charge in [0, 0.05) is 28.2 Å². The first kappa shape index (κ1) is 14.9. The van der Waals surface area contributed by atoms with Crippen LogP contribution in [0.25, 0.3) is 0 Å². The van der Waals surface area contributed by atoms with Crippen molar-refractivity contribution in [3.05, 3.63) is 57.3 Å². The highest BCUT2D eigenvalue weighted by molar-refractivity contribution is 6.31. The van der Waals surface area contributed by atoms with Crippen molar-refractivity contribution in [1.82, 2.24) is 0 Å². The third-order valence-corrected chi connectivity index (χ3v) is 3.76. The Morgan fingerprint density at radius 3 is 2.60 bits per heavy atom. The monoisotopic (exact) mass is 313 g/mol. The van der Waals surface area contributed by atoms with Gasteiger partial charge in [0.2, 0.25) is 0 Å². The van der Waals surface area contributed by atoms with Crippen LogP contribution in [0.1, 0.15) is 11.1 Å². The molecule has 106 valence electrons. The molecule has 0 aliphatic carbocycles. The molecule has 0 unspecified atom stereocenters. The molecule has 0 fully saturated rings. The Bertz CT molecular complexity index is 611. The average molecular weight is 314 g/mol. The lowest BCUT2D eigenvalue weighted by Gasteiger charge is -2.14. The van der Waals surface area contributed by atoms with Gasteiger partial charge in [0.15, 0.2) is 0 Å². The molecule has 0 atom stereocenters. The standard InChI is InChI=1S/C15H14Cl2FNO/c1-9-6-14(15(20-2)7-12(9)17)19-8-10-11(16)4-3-5-13(10)18/h3-7,19H,8H2,1-2H3. The molecule has 0 bridgehead atoms. The number of hydrogen-bond acceptors (Lipinski definition) is 2. The molecule has 1 N–H and O–H groups in total. The maximum Gasteiger partial charge on any atom is 0.143 e. The fourth-order valence-electron chi connectivity index (χ4n) is 1.86. The molecule has 0 aliphatic heterocycles. The minimum atomic E-state index is -0.338. The number of aryl methyl sites for hydroxylation is 1. The second-order valence-corrected chi connectivity index (χ2v) is 5.17. The molecular weight excluding hydrogens is 300 g/mol. The predicted octanol–water partition coefficient (Wildman–Crippen LogP) is 5.06. The van der Waals surface area contributed by atoms with Crippen molar-refractivity contribution >= 4 is 28.9 Å². The molecule has 2 aromatic carbocycles. The largest absolute Gasteiger partial charge is 0.495 e. The highest BCUT2D eigenvalue weighted by atomic mass is 35.5. The number of rotatable bonds is 4. The molecule has 2 rings (SSSR count). The van der Waals surface area contributed by atoms with E-state index in [1.165, 1.54) is 6.07 Å². The highest BCUT2D eigenvalue weighted by Crippen LogP contribution is 2.31. The highest BCUT2D eigenvalue weighted by Gasteiger charge is 2.10. The van der Waals surface area contributed by atoms with Crippen LogP contribution >= 0.6 is 23.2 Å². The van der Waals surface area contributed by atoms with Gasteiger partial charge in [0.1, 0.15) is 11.6 Å². The van der Waals surface area contributed by atoms with Gasteiger partial charge < -0.3 is 10.1 Å². The second kappa shape index (κ2) is 6.33. The Morgan fingerprint density at radius 1 is 1.20 bits per heavy atom. The van der Waals surface area contributed by atoms with Crippen LogP contribution in [0.3, 0.4) is 0 Å². The Morgan fingerprint density at radius 2 is 1.95 bits per heavy atom. The average Bonchev–Trinajstić information content (AvgIpc) is 2.41. The van der Waals surface area contributed by atoms with Crippen LogP contribution in [0, 0.1) is 12.7 Å². The zero-order chi connectivity index (χ0) is 14.7. The minimum Gasteiger partial charge on any atom is -0.495 e. The number of ether oxygens (including phenoxy) is 1. The Labute approximate surface area is 127 Å². The van der Waals surface area contributed by atoms with Gasteiger partial charge in [-0.15, -0.1) is 0 Å². The van der Waals surface area contributed by atoms with E-state index >= 15 is 0 Å². The van der Waals surface area contributed by atoms with E-state index in [0.717, 1.165) is 11.3 Å². The first-order valence-corrected chi connectivity index (χ1v) is 6.79. The van der Waals surface area contributed by atoms with Gasteiger partial charge in [-0.05, 0) is 30.7 Å². The molecule has 0 spiro atoms. The minimum absolute atomic E-state index is 0.267. The fourth-order valence-corrected chi connectivity index (χ4v) is 2.24. The second-order valence-electron chi connectivity index (χ2n) is 4.36. The maximum absolute atomic E-state index is 13.7. The number of methoxy groups -OCH3 is 1. The number of anilines is 1. The summed E-state index contributed by atoms with van der Waals surface area (Å²) in [5.41, 5.74) is 2.08. The summed E-state index contributed by atoms with van der Waals surface area (Å²) in [4.78, 5) is 0. The molecule has 20 heavy (non-hydrogen) atoms. The van der Waals surface area contributed by atoms with Crippen LogP contribution in [-0.2, 0) is 6.54 Å². The van der Waals surface area contributed by atoms with Gasteiger partial charge in [-0.1, -0.05) is 29.3 Å². The van der Waals surface area contributed by atoms with E-state index in [2.05, 4.69) is 5.32 Å². The van der Waals surface area contributed by atoms with Crippen LogP contribution in [0.4, 0.5) is 10.1 Å². The van der Waals surface area contributed by atoms with Gasteiger partial charge in [-0.25, -0.2) is 4.39 Å². The normalized spacial score (nSPS) is 10.4. The van der Waals surface area contributed by atoms with E-state index in [1.54, 1.807) is 25.3 Å². The molecule has 0 aliphatic rings. The van der Waals surface area contributed by atoms with Crippen molar-refractivity contribution in [3.8, 4) is 5.75 Å². The van der Waals surface area contributed by atoms with Crippen LogP contribution in [0.2, 0.25) is 10.0 Å². The lowest BCUT2D eigenvalue weighted by Crippen LogP contribution is -2.04. The molecule has 0 amide bonds. The molecule has 0 saturated carbocycles. The van der Waals surface area contributed by atoms with Gasteiger partial charge in [-0.3, -0.25) is 0 Å². The number of nitrogens with one attached hydrogen (secondary N) is 1. The van der Waals surface area contributed by atoms with E-state index in [1.807, 2.05) is 13.0 Å². The quantitative estimate of drug-likeness (QED) is 0.851. The summed E-state index contributed by atoms with van der Waals surface area (Å²) in [7, 11) is 1.56. The van der Waals surface area contributed by atoms with Crippen molar-refractivity contribution in [1.29, 1.82) is 0 Å². The van der Waals surface area contributed by atoms with Crippen molar-refractivity contribution in [3.63, 3.8) is 0 Å². The Hall–Kier alpha value is -1.45. The van der Waals surface area contributed by atoms with Crippen LogP contribution in [0.5, 0.6) is 5.75 Å². The predicted molar refractivity (Wildman–Crippen MR) is 81.5 cm³/mol. The molecule has 0 radical (unpaired) electrons. The van der Waals surface area contributed by atoms with Gasteiger partial charge in [0.05, 0.1) is 12.8 Å². The maximum atomic E-state index is 13.7. The smallest absolute Gasteiger partial charge is 0.143 e. The van der Waals surface area contributed by atoms with Crippen LogP contribution < -0.4 is 10.1 Å². The first-order valence-electron chi connectivity index (χ1n) is 6.04. The Kier molecular flexibility index (Phi) is 4.73. The van der Waals surface area contributed by atoms with Crippen molar-refractivity contribution < 1.29 is 9.13 Å². The van der Waals surface area contributed by atoms with Crippen molar-refractivity contribution in [2.45, 2.75) is 13.5 Å². The molecule has 0 heterocycles. The molecule has 0 aromatic heterocycles. The third-order valence-electron chi connectivity index (χ3n) is 3.00. The number of halogens is 3. The third kappa shape index (κ3) is 3.17. The first-order chi connectivity index (χ1) is 9.52. The molecular formula is C15H14Cl2FNO. The van der Waals surface area contributed by atoms with Crippen LogP contribution in [0.15, 0.2) is 30.3 Å². The summed E-state index contributed by atoms with van der Waals surface area (Å²) in [5, 5.41) is 4.13. The SMILES string of the molecule is COc1cc(Cl)c(C)cc1NCc1c(F)cccc1Cl. The summed E-state index contributed by atoms with van der Waals surface area (Å²) in [6, 6.07) is 8.20. The number of benzene rings is 2.